The molecule has 18 heavy (non-hydrogen) atoms. The molecule has 3 atom stereocenters. The molecule has 0 amide bonds. The molecule has 0 saturated carbocycles. The van der Waals surface area contributed by atoms with Crippen molar-refractivity contribution < 1.29 is 9.84 Å². The predicted octanol–water partition coefficient (Wildman–Crippen LogP) is -0.434. The molecule has 5 heteroatoms. The fourth-order valence-corrected chi connectivity index (χ4v) is 2.70. The zero-order valence-electron chi connectivity index (χ0n) is 10.8. The first-order chi connectivity index (χ1) is 8.57. The zero-order valence-corrected chi connectivity index (χ0v) is 10.8. The van der Waals surface area contributed by atoms with Crippen LogP contribution in [0, 0.1) is 0 Å². The molecular formula is C13H23N3O2. The first-order valence-corrected chi connectivity index (χ1v) is 6.41. The van der Waals surface area contributed by atoms with Crippen LogP contribution in [-0.4, -0.2) is 54.1 Å². The Morgan fingerprint density at radius 2 is 1.94 bits per heavy atom. The molecule has 0 aromatic rings. The molecule has 0 bridgehead atoms. The summed E-state index contributed by atoms with van der Waals surface area (Å²) >= 11 is 0. The molecule has 1 heterocycles. The maximum atomic E-state index is 9.77. The summed E-state index contributed by atoms with van der Waals surface area (Å²) in [6.07, 6.45) is 8.68. The first kappa shape index (κ1) is 13.7. The summed E-state index contributed by atoms with van der Waals surface area (Å²) in [5.41, 5.74) is 11.6. The number of ether oxygens (including phenoxy) is 1. The van der Waals surface area contributed by atoms with Gasteiger partial charge < -0.3 is 21.3 Å². The van der Waals surface area contributed by atoms with Gasteiger partial charge in [0.2, 0.25) is 0 Å². The molecule has 5 N–H and O–H groups in total. The second-order valence-electron chi connectivity index (χ2n) is 5.19. The van der Waals surface area contributed by atoms with Gasteiger partial charge in [0.1, 0.15) is 0 Å². The van der Waals surface area contributed by atoms with E-state index in [1.54, 1.807) is 0 Å². The van der Waals surface area contributed by atoms with E-state index in [0.29, 0.717) is 12.8 Å². The molecule has 3 unspecified atom stereocenters. The highest BCUT2D eigenvalue weighted by molar-refractivity contribution is 5.20. The number of likely N-dealkylation sites (tertiary alicyclic amines) is 1. The minimum atomic E-state index is -0.893. The maximum Gasteiger partial charge on any atom is 0.172 e. The Kier molecular flexibility index (Phi) is 4.19. The van der Waals surface area contributed by atoms with Crippen LogP contribution in [0.5, 0.6) is 0 Å². The number of nitrogens with two attached hydrogens (primary N) is 2. The van der Waals surface area contributed by atoms with E-state index in [0.717, 1.165) is 13.1 Å². The van der Waals surface area contributed by atoms with E-state index in [2.05, 4.69) is 11.0 Å². The van der Waals surface area contributed by atoms with Crippen molar-refractivity contribution in [3.8, 4) is 0 Å². The molecule has 0 aromatic carbocycles. The average molecular weight is 253 g/mol. The van der Waals surface area contributed by atoms with E-state index in [1.165, 1.54) is 7.11 Å². The molecule has 102 valence electrons. The minimum Gasteiger partial charge on any atom is -0.366 e. The second kappa shape index (κ2) is 5.50. The van der Waals surface area contributed by atoms with E-state index in [-0.39, 0.29) is 12.1 Å². The van der Waals surface area contributed by atoms with Crippen LogP contribution in [0.3, 0.4) is 0 Å². The first-order valence-electron chi connectivity index (χ1n) is 6.41. The molecule has 2 rings (SSSR count). The second-order valence-corrected chi connectivity index (χ2v) is 5.19. The van der Waals surface area contributed by atoms with Gasteiger partial charge >= 0.3 is 0 Å². The Hall–Kier alpha value is -0.720. The van der Waals surface area contributed by atoms with Crippen LogP contribution >= 0.6 is 0 Å². The fourth-order valence-electron chi connectivity index (χ4n) is 2.70. The lowest BCUT2D eigenvalue weighted by Crippen LogP contribution is -2.60. The zero-order chi connectivity index (χ0) is 13.2. The SMILES string of the molecule is COC(O)C1(N)CCN(C2C=CC=CC2N)CC1. The molecular weight excluding hydrogens is 230 g/mol. The molecule has 2 aliphatic rings. The lowest BCUT2D eigenvalue weighted by molar-refractivity contribution is -0.137. The number of nitrogens with zero attached hydrogens (tertiary/aromatic N) is 1. The van der Waals surface area contributed by atoms with Crippen LogP contribution in [0.25, 0.3) is 0 Å². The molecule has 0 radical (unpaired) electrons. The number of hydrogen-bond donors (Lipinski definition) is 3. The van der Waals surface area contributed by atoms with Gasteiger partial charge in [-0.25, -0.2) is 0 Å². The van der Waals surface area contributed by atoms with Gasteiger partial charge in [-0.2, -0.15) is 0 Å². The van der Waals surface area contributed by atoms with Gasteiger partial charge in [-0.05, 0) is 12.8 Å². The Morgan fingerprint density at radius 3 is 2.50 bits per heavy atom. The lowest BCUT2D eigenvalue weighted by Gasteiger charge is -2.44. The highest BCUT2D eigenvalue weighted by Gasteiger charge is 2.39. The van der Waals surface area contributed by atoms with Crippen molar-refractivity contribution in [3.05, 3.63) is 24.3 Å². The topological polar surface area (TPSA) is 84.7 Å². The third-order valence-corrected chi connectivity index (χ3v) is 4.01. The molecule has 0 aromatic heterocycles. The van der Waals surface area contributed by atoms with Gasteiger partial charge in [-0.1, -0.05) is 24.3 Å². The summed E-state index contributed by atoms with van der Waals surface area (Å²) in [6.45, 7) is 1.65. The summed E-state index contributed by atoms with van der Waals surface area (Å²) in [4.78, 5) is 2.32. The molecule has 1 saturated heterocycles. The molecule has 1 aliphatic carbocycles. The average Bonchev–Trinajstić information content (AvgIpc) is 2.39. The van der Waals surface area contributed by atoms with Gasteiger partial charge in [-0.15, -0.1) is 0 Å². The summed E-state index contributed by atoms with van der Waals surface area (Å²) in [5, 5.41) is 9.77. The summed E-state index contributed by atoms with van der Waals surface area (Å²) in [6, 6.07) is 0.270. The van der Waals surface area contributed by atoms with Crippen LogP contribution in [0.2, 0.25) is 0 Å². The highest BCUT2D eigenvalue weighted by Crippen LogP contribution is 2.26. The predicted molar refractivity (Wildman–Crippen MR) is 70.8 cm³/mol. The Morgan fingerprint density at radius 1 is 1.33 bits per heavy atom. The van der Waals surface area contributed by atoms with Gasteiger partial charge in [0.25, 0.3) is 0 Å². The van der Waals surface area contributed by atoms with Crippen molar-refractivity contribution in [3.63, 3.8) is 0 Å². The lowest BCUT2D eigenvalue weighted by atomic mass is 9.86. The van der Waals surface area contributed by atoms with Gasteiger partial charge in [0.05, 0.1) is 5.54 Å². The standard InChI is InChI=1S/C13H23N3O2/c1-18-12(17)13(15)6-8-16(9-7-13)11-5-3-2-4-10(11)14/h2-5,10-12,17H,6-9,14-15H2,1H3. The summed E-state index contributed by atoms with van der Waals surface area (Å²) in [5.74, 6) is 0. The number of rotatable bonds is 3. The van der Waals surface area contributed by atoms with Gasteiger partial charge in [-0.3, -0.25) is 4.90 Å². The van der Waals surface area contributed by atoms with E-state index in [4.69, 9.17) is 16.2 Å². The van der Waals surface area contributed by atoms with Gasteiger partial charge in [0, 0.05) is 32.3 Å². The van der Waals surface area contributed by atoms with Crippen molar-refractivity contribution >= 4 is 0 Å². The number of allylic oxidation sites excluding steroid dienone is 2. The van der Waals surface area contributed by atoms with Crippen LogP contribution in [0.15, 0.2) is 24.3 Å². The number of piperidine rings is 1. The van der Waals surface area contributed by atoms with Crippen molar-refractivity contribution in [2.75, 3.05) is 20.2 Å². The molecule has 1 fully saturated rings. The smallest absolute Gasteiger partial charge is 0.172 e. The molecule has 5 nitrogen and oxygen atoms in total. The molecule has 0 spiro atoms. The van der Waals surface area contributed by atoms with E-state index in [1.807, 2.05) is 18.2 Å². The van der Waals surface area contributed by atoms with E-state index >= 15 is 0 Å². The van der Waals surface area contributed by atoms with Crippen LogP contribution < -0.4 is 11.5 Å². The summed E-state index contributed by atoms with van der Waals surface area (Å²) in [7, 11) is 1.48. The number of aliphatic hydroxyl groups excluding tert-OH is 1. The van der Waals surface area contributed by atoms with Crippen molar-refractivity contribution in [1.29, 1.82) is 0 Å². The van der Waals surface area contributed by atoms with E-state index < -0.39 is 11.8 Å². The molecule has 1 aliphatic heterocycles. The van der Waals surface area contributed by atoms with Crippen LogP contribution in [0.1, 0.15) is 12.8 Å². The Bertz CT molecular complexity index is 335. The highest BCUT2D eigenvalue weighted by atomic mass is 16.6. The number of hydrogen-bond acceptors (Lipinski definition) is 5. The van der Waals surface area contributed by atoms with Crippen LogP contribution in [0.4, 0.5) is 0 Å². The van der Waals surface area contributed by atoms with Crippen molar-refractivity contribution in [2.24, 2.45) is 11.5 Å². The normalized spacial score (nSPS) is 33.6. The van der Waals surface area contributed by atoms with Crippen molar-refractivity contribution in [1.82, 2.24) is 4.90 Å². The third kappa shape index (κ3) is 2.65. The quantitative estimate of drug-likeness (QED) is 0.594. The number of methoxy groups -OCH3 is 1. The Labute approximate surface area is 108 Å². The maximum absolute atomic E-state index is 9.77. The summed E-state index contributed by atoms with van der Waals surface area (Å²) < 4.78 is 4.96. The number of aliphatic hydroxyl groups is 1. The van der Waals surface area contributed by atoms with E-state index in [9.17, 15) is 5.11 Å². The minimum absolute atomic E-state index is 0.0348. The fraction of sp³-hybridized carbons (Fsp3) is 0.692. The van der Waals surface area contributed by atoms with Gasteiger partial charge in [0.15, 0.2) is 6.29 Å². The van der Waals surface area contributed by atoms with Crippen molar-refractivity contribution in [2.45, 2.75) is 36.8 Å². The monoisotopic (exact) mass is 253 g/mol. The largest absolute Gasteiger partial charge is 0.366 e. The Balaban J connectivity index is 1.94. The van der Waals surface area contributed by atoms with Crippen LogP contribution in [-0.2, 0) is 4.74 Å². The third-order valence-electron chi connectivity index (χ3n) is 4.01.